The Balaban J connectivity index is 2.65. The Hall–Kier alpha value is -0.650. The number of rotatable bonds is 0. The van der Waals surface area contributed by atoms with E-state index in [9.17, 15) is 4.79 Å². The number of nitrogens with zero attached hydrogens (tertiary/aromatic N) is 1. The summed E-state index contributed by atoms with van der Waals surface area (Å²) >= 11 is 0. The summed E-state index contributed by atoms with van der Waals surface area (Å²) in [5.41, 5.74) is 5.24. The first kappa shape index (κ1) is 6.47. The van der Waals surface area contributed by atoms with Crippen molar-refractivity contribution >= 4 is 5.91 Å². The van der Waals surface area contributed by atoms with Gasteiger partial charge in [0.05, 0.1) is 0 Å². The van der Waals surface area contributed by atoms with Crippen LogP contribution in [0.2, 0.25) is 0 Å². The first-order valence-corrected chi connectivity index (χ1v) is 2.58. The zero-order valence-corrected chi connectivity index (χ0v) is 4.94. The molecule has 1 saturated heterocycles. The fourth-order valence-electron chi connectivity index (χ4n) is 0.603. The van der Waals surface area contributed by atoms with Gasteiger partial charge in [0.1, 0.15) is 12.1 Å². The second kappa shape index (κ2) is 1.94. The Morgan fingerprint density at radius 3 is 2.56 bits per heavy atom. The van der Waals surface area contributed by atoms with Gasteiger partial charge < -0.3 is 5.73 Å². The van der Waals surface area contributed by atoms with Crippen LogP contribution in [0, 0.1) is 0 Å². The predicted octanol–water partition coefficient (Wildman–Crippen LogP) is -1.13. The Labute approximate surface area is 51.9 Å². The van der Waals surface area contributed by atoms with E-state index in [0.717, 1.165) is 0 Å². The van der Waals surface area contributed by atoms with Gasteiger partial charge >= 0.3 is 0 Å². The molecule has 1 heterocycles. The molecule has 0 aliphatic carbocycles. The molecule has 1 rings (SSSR count). The van der Waals surface area contributed by atoms with E-state index < -0.39 is 18.1 Å². The molecule has 52 valence electrons. The molecule has 2 atom stereocenters. The minimum atomic E-state index is -0.727. The minimum absolute atomic E-state index is 0.176. The van der Waals surface area contributed by atoms with E-state index in [1.54, 1.807) is 6.92 Å². The zero-order valence-electron chi connectivity index (χ0n) is 4.94. The predicted molar refractivity (Wildman–Crippen MR) is 27.2 cm³/mol. The van der Waals surface area contributed by atoms with Gasteiger partial charge in [-0.3, -0.25) is 10.0 Å². The van der Waals surface area contributed by atoms with Crippen LogP contribution in [-0.4, -0.2) is 28.5 Å². The topological polar surface area (TPSA) is 75.8 Å². The molecule has 0 bridgehead atoms. The number of hydrogen-bond donors (Lipinski definition) is 2. The van der Waals surface area contributed by atoms with Crippen molar-refractivity contribution in [3.8, 4) is 0 Å². The largest absolute Gasteiger partial charge is 0.317 e. The lowest BCUT2D eigenvalue weighted by Crippen LogP contribution is -2.35. The quantitative estimate of drug-likeness (QED) is 0.409. The number of amides is 1. The molecule has 1 aliphatic heterocycles. The van der Waals surface area contributed by atoms with Crippen LogP contribution in [0.1, 0.15) is 6.92 Å². The lowest BCUT2D eigenvalue weighted by atomic mass is 10.2. The van der Waals surface area contributed by atoms with Crippen molar-refractivity contribution in [2.45, 2.75) is 19.1 Å². The maximum Gasteiger partial charge on any atom is 0.292 e. The number of hydrogen-bond acceptors (Lipinski definition) is 4. The zero-order chi connectivity index (χ0) is 7.02. The van der Waals surface area contributed by atoms with Crippen molar-refractivity contribution in [2.24, 2.45) is 5.73 Å². The van der Waals surface area contributed by atoms with Gasteiger partial charge in [0.2, 0.25) is 0 Å². The van der Waals surface area contributed by atoms with Crippen molar-refractivity contribution in [2.75, 3.05) is 0 Å². The van der Waals surface area contributed by atoms with Crippen LogP contribution in [-0.2, 0) is 9.63 Å². The van der Waals surface area contributed by atoms with Crippen LogP contribution >= 0.6 is 0 Å². The molecule has 5 heteroatoms. The Morgan fingerprint density at radius 2 is 2.44 bits per heavy atom. The van der Waals surface area contributed by atoms with E-state index in [0.29, 0.717) is 0 Å². The second-order valence-electron chi connectivity index (χ2n) is 1.95. The van der Waals surface area contributed by atoms with Crippen LogP contribution in [0.15, 0.2) is 0 Å². The average Bonchev–Trinajstić information content (AvgIpc) is 1.98. The summed E-state index contributed by atoms with van der Waals surface area (Å²) < 4.78 is 0. The highest BCUT2D eigenvalue weighted by Gasteiger charge is 2.36. The summed E-state index contributed by atoms with van der Waals surface area (Å²) in [5, 5.41) is 8.70. The van der Waals surface area contributed by atoms with Gasteiger partial charge in [-0.15, -0.1) is 0 Å². The summed E-state index contributed by atoms with van der Waals surface area (Å²) in [6.07, 6.45) is -0.428. The molecular formula is C4H8N2O3. The molecule has 3 N–H and O–H groups in total. The summed E-state index contributed by atoms with van der Waals surface area (Å²) in [7, 11) is 0. The summed E-state index contributed by atoms with van der Waals surface area (Å²) in [6, 6.07) is -0.727. The van der Waals surface area contributed by atoms with Gasteiger partial charge in [0, 0.05) is 0 Å². The molecule has 1 fully saturated rings. The molecule has 0 saturated carbocycles. The van der Waals surface area contributed by atoms with Crippen molar-refractivity contribution < 1.29 is 14.8 Å². The molecule has 0 aromatic carbocycles. The maximum absolute atomic E-state index is 10.5. The van der Waals surface area contributed by atoms with E-state index >= 15 is 0 Å². The fourth-order valence-corrected chi connectivity index (χ4v) is 0.603. The smallest absolute Gasteiger partial charge is 0.292 e. The third-order valence-electron chi connectivity index (χ3n) is 1.25. The van der Waals surface area contributed by atoms with Gasteiger partial charge in [-0.25, -0.2) is 4.84 Å². The Morgan fingerprint density at radius 1 is 1.89 bits per heavy atom. The summed E-state index contributed by atoms with van der Waals surface area (Å²) in [5.74, 6) is -0.595. The first-order chi connectivity index (χ1) is 4.13. The average molecular weight is 132 g/mol. The van der Waals surface area contributed by atoms with E-state index in [2.05, 4.69) is 4.84 Å². The highest BCUT2D eigenvalue weighted by molar-refractivity contribution is 5.81. The van der Waals surface area contributed by atoms with Gasteiger partial charge in [-0.2, -0.15) is 0 Å². The van der Waals surface area contributed by atoms with E-state index in [4.69, 9.17) is 10.9 Å². The van der Waals surface area contributed by atoms with Gasteiger partial charge in [0.25, 0.3) is 5.91 Å². The first-order valence-electron chi connectivity index (χ1n) is 2.58. The van der Waals surface area contributed by atoms with Crippen LogP contribution < -0.4 is 5.73 Å². The van der Waals surface area contributed by atoms with Crippen LogP contribution in [0.5, 0.6) is 0 Å². The molecule has 9 heavy (non-hydrogen) atoms. The molecule has 5 nitrogen and oxygen atoms in total. The van der Waals surface area contributed by atoms with Crippen LogP contribution in [0.3, 0.4) is 0 Å². The van der Waals surface area contributed by atoms with E-state index in [-0.39, 0.29) is 5.23 Å². The standard InChI is InChI=1S/C4H8N2O3/c1-2-3(5)4(7)6(8)9-2/h2-3,8H,5H2,1H3/t2-,3+/m1/s1. The Kier molecular flexibility index (Phi) is 1.40. The van der Waals surface area contributed by atoms with Crippen LogP contribution in [0.4, 0.5) is 0 Å². The highest BCUT2D eigenvalue weighted by Crippen LogP contribution is 2.09. The third-order valence-corrected chi connectivity index (χ3v) is 1.25. The van der Waals surface area contributed by atoms with Crippen LogP contribution in [0.25, 0.3) is 0 Å². The van der Waals surface area contributed by atoms with Gasteiger partial charge in [-0.1, -0.05) is 5.23 Å². The third kappa shape index (κ3) is 0.893. The molecule has 0 radical (unpaired) electrons. The Bertz CT molecular complexity index is 138. The summed E-state index contributed by atoms with van der Waals surface area (Å²) in [4.78, 5) is 15.0. The summed E-state index contributed by atoms with van der Waals surface area (Å²) in [6.45, 7) is 1.61. The molecule has 1 amide bonds. The van der Waals surface area contributed by atoms with E-state index in [1.807, 2.05) is 0 Å². The highest BCUT2D eigenvalue weighted by atomic mass is 16.9. The second-order valence-corrected chi connectivity index (χ2v) is 1.95. The number of nitrogens with two attached hydrogens (primary N) is 1. The normalized spacial score (nSPS) is 35.9. The van der Waals surface area contributed by atoms with Crippen molar-refractivity contribution in [1.29, 1.82) is 0 Å². The minimum Gasteiger partial charge on any atom is -0.317 e. The number of hydroxylamine groups is 2. The van der Waals surface area contributed by atoms with Crippen molar-refractivity contribution in [3.05, 3.63) is 0 Å². The molecule has 0 unspecified atom stereocenters. The fraction of sp³-hybridized carbons (Fsp3) is 0.750. The van der Waals surface area contributed by atoms with Crippen molar-refractivity contribution in [3.63, 3.8) is 0 Å². The van der Waals surface area contributed by atoms with Gasteiger partial charge in [0.15, 0.2) is 0 Å². The lowest BCUT2D eigenvalue weighted by Gasteiger charge is -2.02. The lowest BCUT2D eigenvalue weighted by molar-refractivity contribution is -0.305. The molecule has 1 aliphatic rings. The van der Waals surface area contributed by atoms with Gasteiger partial charge in [-0.05, 0) is 6.92 Å². The number of carbonyl (C=O) groups is 1. The molecular weight excluding hydrogens is 124 g/mol. The van der Waals surface area contributed by atoms with E-state index in [1.165, 1.54) is 0 Å². The van der Waals surface area contributed by atoms with Crippen molar-refractivity contribution in [1.82, 2.24) is 5.23 Å². The molecule has 0 aromatic rings. The number of carbonyl (C=O) groups excluding carboxylic acids is 1. The molecule has 0 spiro atoms. The molecule has 0 aromatic heterocycles. The monoisotopic (exact) mass is 132 g/mol. The maximum atomic E-state index is 10.5. The SMILES string of the molecule is C[C@H]1ON(O)C(=O)[C@H]1N.